The van der Waals surface area contributed by atoms with Crippen LogP contribution in [0.15, 0.2) is 4.42 Å². The van der Waals surface area contributed by atoms with Crippen molar-refractivity contribution in [2.75, 3.05) is 12.4 Å². The maximum atomic E-state index is 5.63. The van der Waals surface area contributed by atoms with Crippen LogP contribution < -0.4 is 10.6 Å². The van der Waals surface area contributed by atoms with Gasteiger partial charge in [0.1, 0.15) is 0 Å². The lowest BCUT2D eigenvalue weighted by molar-refractivity contribution is 0.415. The van der Waals surface area contributed by atoms with Gasteiger partial charge in [-0.1, -0.05) is 31.3 Å². The summed E-state index contributed by atoms with van der Waals surface area (Å²) in [5.41, 5.74) is 0. The summed E-state index contributed by atoms with van der Waals surface area (Å²) in [6.45, 7) is 4.31. The van der Waals surface area contributed by atoms with Gasteiger partial charge in [0.2, 0.25) is 5.89 Å². The van der Waals surface area contributed by atoms with Gasteiger partial charge >= 0.3 is 6.01 Å². The summed E-state index contributed by atoms with van der Waals surface area (Å²) in [4.78, 5) is 0. The van der Waals surface area contributed by atoms with Crippen LogP contribution >= 0.6 is 0 Å². The fourth-order valence-corrected chi connectivity index (χ4v) is 2.46. The Bertz CT molecular complexity index is 366. The van der Waals surface area contributed by atoms with Crippen molar-refractivity contribution in [3.05, 3.63) is 5.89 Å². The van der Waals surface area contributed by atoms with Gasteiger partial charge in [-0.15, -0.1) is 5.10 Å². The number of nitrogens with one attached hydrogen (secondary N) is 2. The zero-order valence-corrected chi connectivity index (χ0v) is 11.6. The highest BCUT2D eigenvalue weighted by atomic mass is 16.4. The Hall–Kier alpha value is -1.10. The summed E-state index contributed by atoms with van der Waals surface area (Å²) in [6, 6.07) is 1.12. The second-order valence-corrected chi connectivity index (χ2v) is 5.32. The fraction of sp³-hybridized carbons (Fsp3) is 0.846. The van der Waals surface area contributed by atoms with E-state index in [4.69, 9.17) is 4.42 Å². The highest BCUT2D eigenvalue weighted by Crippen LogP contribution is 2.26. The van der Waals surface area contributed by atoms with Gasteiger partial charge in [-0.05, 0) is 32.7 Å². The molecule has 1 aliphatic rings. The van der Waals surface area contributed by atoms with Crippen LogP contribution in [0.25, 0.3) is 0 Å². The first-order chi connectivity index (χ1) is 8.70. The molecule has 0 bridgehead atoms. The molecule has 0 amide bonds. The highest BCUT2D eigenvalue weighted by molar-refractivity contribution is 5.20. The number of nitrogens with zero attached hydrogens (tertiary/aromatic N) is 2. The van der Waals surface area contributed by atoms with Crippen LogP contribution in [0.2, 0.25) is 0 Å². The summed E-state index contributed by atoms with van der Waals surface area (Å²) < 4.78 is 5.63. The molecule has 3 atom stereocenters. The Kier molecular flexibility index (Phi) is 4.58. The largest absolute Gasteiger partial charge is 0.406 e. The molecule has 1 saturated carbocycles. The summed E-state index contributed by atoms with van der Waals surface area (Å²) in [6.07, 6.45) is 6.45. The molecular formula is C13H24N4O. The first-order valence-corrected chi connectivity index (χ1v) is 6.98. The van der Waals surface area contributed by atoms with Crippen LogP contribution in [-0.2, 0) is 0 Å². The van der Waals surface area contributed by atoms with Crippen molar-refractivity contribution in [3.8, 4) is 0 Å². The first-order valence-electron chi connectivity index (χ1n) is 6.98. The molecule has 1 fully saturated rings. The van der Waals surface area contributed by atoms with E-state index in [2.05, 4.69) is 27.8 Å². The molecule has 5 nitrogen and oxygen atoms in total. The topological polar surface area (TPSA) is 63.0 Å². The molecule has 0 spiro atoms. The summed E-state index contributed by atoms with van der Waals surface area (Å²) >= 11 is 0. The minimum absolute atomic E-state index is 0.0969. The van der Waals surface area contributed by atoms with Crippen LogP contribution in [0.3, 0.4) is 0 Å². The monoisotopic (exact) mass is 252 g/mol. The zero-order valence-electron chi connectivity index (χ0n) is 11.6. The standard InChI is InChI=1S/C13H24N4O/c1-9-7-5-4-6-8-11(9)15-13-17-16-12(18-13)10(2)14-3/h9-11,14H,4-8H2,1-3H3,(H,15,17). The van der Waals surface area contributed by atoms with Gasteiger partial charge in [-0.3, -0.25) is 0 Å². The minimum atomic E-state index is 0.0969. The number of aromatic nitrogens is 2. The molecule has 1 heterocycles. The summed E-state index contributed by atoms with van der Waals surface area (Å²) in [5, 5.41) is 14.6. The van der Waals surface area contributed by atoms with Gasteiger partial charge in [-0.2, -0.15) is 0 Å². The molecule has 1 aromatic heterocycles. The lowest BCUT2D eigenvalue weighted by Crippen LogP contribution is -2.26. The van der Waals surface area contributed by atoms with Crippen LogP contribution in [0.1, 0.15) is 57.9 Å². The van der Waals surface area contributed by atoms with E-state index in [9.17, 15) is 0 Å². The molecule has 5 heteroatoms. The molecule has 1 aromatic rings. The Morgan fingerprint density at radius 1 is 1.22 bits per heavy atom. The molecular weight excluding hydrogens is 228 g/mol. The second-order valence-electron chi connectivity index (χ2n) is 5.32. The summed E-state index contributed by atoms with van der Waals surface area (Å²) in [5.74, 6) is 1.31. The molecule has 3 unspecified atom stereocenters. The molecule has 2 N–H and O–H groups in total. The third-order valence-corrected chi connectivity index (χ3v) is 3.91. The maximum Gasteiger partial charge on any atom is 0.315 e. The van der Waals surface area contributed by atoms with Crippen LogP contribution in [0.5, 0.6) is 0 Å². The quantitative estimate of drug-likeness (QED) is 0.807. The molecule has 102 valence electrons. The van der Waals surface area contributed by atoms with Gasteiger partial charge in [0.05, 0.1) is 6.04 Å². The van der Waals surface area contributed by atoms with Gasteiger partial charge in [-0.25, -0.2) is 0 Å². The maximum absolute atomic E-state index is 5.63. The smallest absolute Gasteiger partial charge is 0.315 e. The highest BCUT2D eigenvalue weighted by Gasteiger charge is 2.22. The Morgan fingerprint density at radius 3 is 2.78 bits per heavy atom. The van der Waals surface area contributed by atoms with Crippen LogP contribution in [-0.4, -0.2) is 23.3 Å². The third kappa shape index (κ3) is 3.22. The van der Waals surface area contributed by atoms with Crippen molar-refractivity contribution >= 4 is 6.01 Å². The van der Waals surface area contributed by atoms with E-state index < -0.39 is 0 Å². The molecule has 0 aromatic carbocycles. The number of hydrogen-bond donors (Lipinski definition) is 2. The van der Waals surface area contributed by atoms with Crippen molar-refractivity contribution in [3.63, 3.8) is 0 Å². The van der Waals surface area contributed by atoms with Gasteiger partial charge < -0.3 is 15.1 Å². The fourth-order valence-electron chi connectivity index (χ4n) is 2.46. The average Bonchev–Trinajstić information content (AvgIpc) is 2.75. The van der Waals surface area contributed by atoms with Gasteiger partial charge in [0.25, 0.3) is 0 Å². The third-order valence-electron chi connectivity index (χ3n) is 3.91. The van der Waals surface area contributed by atoms with Crippen molar-refractivity contribution < 1.29 is 4.42 Å². The van der Waals surface area contributed by atoms with E-state index >= 15 is 0 Å². The van der Waals surface area contributed by atoms with E-state index in [0.29, 0.717) is 23.9 Å². The SMILES string of the molecule is CNC(C)c1nnc(NC2CCCCCC2C)o1. The Labute approximate surface area is 109 Å². The van der Waals surface area contributed by atoms with E-state index in [1.54, 1.807) is 0 Å². The molecule has 2 rings (SSSR count). The molecule has 0 aliphatic heterocycles. The lowest BCUT2D eigenvalue weighted by Gasteiger charge is -2.21. The average molecular weight is 252 g/mol. The summed E-state index contributed by atoms with van der Waals surface area (Å²) in [7, 11) is 1.88. The van der Waals surface area contributed by atoms with E-state index in [1.165, 1.54) is 32.1 Å². The molecule has 0 saturated heterocycles. The van der Waals surface area contributed by atoms with E-state index in [-0.39, 0.29) is 6.04 Å². The van der Waals surface area contributed by atoms with Gasteiger partial charge in [0.15, 0.2) is 0 Å². The van der Waals surface area contributed by atoms with E-state index in [1.807, 2.05) is 14.0 Å². The molecule has 1 aliphatic carbocycles. The number of anilines is 1. The normalized spacial score (nSPS) is 26.6. The predicted molar refractivity (Wildman–Crippen MR) is 71.4 cm³/mol. The Morgan fingerprint density at radius 2 is 2.00 bits per heavy atom. The van der Waals surface area contributed by atoms with Crippen molar-refractivity contribution in [1.29, 1.82) is 0 Å². The van der Waals surface area contributed by atoms with Crippen LogP contribution in [0.4, 0.5) is 6.01 Å². The van der Waals surface area contributed by atoms with Crippen LogP contribution in [0, 0.1) is 5.92 Å². The first kappa shape index (κ1) is 13.3. The van der Waals surface area contributed by atoms with Gasteiger partial charge in [0, 0.05) is 6.04 Å². The Balaban J connectivity index is 1.97. The van der Waals surface area contributed by atoms with Crippen molar-refractivity contribution in [1.82, 2.24) is 15.5 Å². The molecule has 18 heavy (non-hydrogen) atoms. The number of rotatable bonds is 4. The predicted octanol–water partition coefficient (Wildman–Crippen LogP) is 2.73. The second kappa shape index (κ2) is 6.18. The van der Waals surface area contributed by atoms with Crippen molar-refractivity contribution in [2.24, 2.45) is 5.92 Å². The lowest BCUT2D eigenvalue weighted by atomic mass is 9.97. The number of hydrogen-bond acceptors (Lipinski definition) is 5. The van der Waals surface area contributed by atoms with E-state index in [0.717, 1.165) is 0 Å². The zero-order chi connectivity index (χ0) is 13.0. The molecule has 0 radical (unpaired) electrons. The minimum Gasteiger partial charge on any atom is -0.406 e. The van der Waals surface area contributed by atoms with Crippen molar-refractivity contribution in [2.45, 2.75) is 58.0 Å².